The Bertz CT molecular complexity index is 303. The molecular weight excluding hydrogens is 238 g/mol. The fraction of sp³-hybridized carbons (Fsp3) is 1.00. The van der Waals surface area contributed by atoms with E-state index in [0.29, 0.717) is 23.5 Å². The zero-order valence-corrected chi connectivity index (χ0v) is 11.8. The first-order valence-electron chi connectivity index (χ1n) is 6.52. The Morgan fingerprint density at radius 3 is 2.76 bits per heavy atom. The van der Waals surface area contributed by atoms with Gasteiger partial charge in [0, 0.05) is 19.8 Å². The number of ether oxygens (including phenoxy) is 1. The van der Waals surface area contributed by atoms with Gasteiger partial charge in [-0.25, -0.2) is 8.42 Å². The van der Waals surface area contributed by atoms with E-state index < -0.39 is 9.84 Å². The lowest BCUT2D eigenvalue weighted by molar-refractivity contribution is 0.184. The molecule has 102 valence electrons. The van der Waals surface area contributed by atoms with Crippen LogP contribution in [0.25, 0.3) is 0 Å². The van der Waals surface area contributed by atoms with Crippen LogP contribution in [0.4, 0.5) is 0 Å². The predicted octanol–water partition coefficient (Wildman–Crippen LogP) is 1.22. The van der Waals surface area contributed by atoms with Crippen LogP contribution in [0, 0.1) is 5.92 Å². The van der Waals surface area contributed by atoms with Crippen molar-refractivity contribution in [1.29, 1.82) is 0 Å². The fourth-order valence-electron chi connectivity index (χ4n) is 2.42. The largest absolute Gasteiger partial charge is 0.385 e. The minimum absolute atomic E-state index is 0.295. The Balaban J connectivity index is 2.44. The molecule has 2 atom stereocenters. The molecule has 1 fully saturated rings. The fourth-order valence-corrected chi connectivity index (χ4v) is 4.30. The normalized spacial score (nSPS) is 24.9. The molecular formula is C12H25NO3S. The Morgan fingerprint density at radius 1 is 1.47 bits per heavy atom. The number of rotatable bonds is 8. The van der Waals surface area contributed by atoms with Crippen LogP contribution >= 0.6 is 0 Å². The molecule has 0 spiro atoms. The standard InChI is InChI=1S/C12H25NO3S/c1-3-7-13-12(5-4-8-16-2)11-6-9-17(14,15)10-11/h11-13H,3-10H2,1-2H3. The Morgan fingerprint density at radius 2 is 2.24 bits per heavy atom. The summed E-state index contributed by atoms with van der Waals surface area (Å²) in [4.78, 5) is 0. The van der Waals surface area contributed by atoms with Crippen LogP contribution in [-0.2, 0) is 14.6 Å². The maximum atomic E-state index is 11.5. The Kier molecular flexibility index (Phi) is 6.44. The van der Waals surface area contributed by atoms with Crippen molar-refractivity contribution < 1.29 is 13.2 Å². The summed E-state index contributed by atoms with van der Waals surface area (Å²) in [5.74, 6) is 1.02. The second kappa shape index (κ2) is 7.34. The van der Waals surface area contributed by atoms with Gasteiger partial charge >= 0.3 is 0 Å². The molecule has 1 N–H and O–H groups in total. The second-order valence-electron chi connectivity index (χ2n) is 4.86. The number of sulfone groups is 1. The molecule has 0 bridgehead atoms. The first-order valence-corrected chi connectivity index (χ1v) is 8.34. The molecule has 1 aliphatic rings. The first kappa shape index (κ1) is 14.9. The van der Waals surface area contributed by atoms with E-state index in [1.807, 2.05) is 0 Å². The van der Waals surface area contributed by atoms with Crippen molar-refractivity contribution in [3.8, 4) is 0 Å². The molecule has 1 aliphatic heterocycles. The maximum absolute atomic E-state index is 11.5. The highest BCUT2D eigenvalue weighted by molar-refractivity contribution is 7.91. The van der Waals surface area contributed by atoms with E-state index >= 15 is 0 Å². The lowest BCUT2D eigenvalue weighted by atomic mass is 9.95. The number of nitrogens with one attached hydrogen (secondary N) is 1. The van der Waals surface area contributed by atoms with Crippen molar-refractivity contribution in [3.63, 3.8) is 0 Å². The van der Waals surface area contributed by atoms with E-state index in [9.17, 15) is 8.42 Å². The predicted molar refractivity (Wildman–Crippen MR) is 70.0 cm³/mol. The van der Waals surface area contributed by atoms with Gasteiger partial charge in [-0.1, -0.05) is 6.92 Å². The second-order valence-corrected chi connectivity index (χ2v) is 7.09. The summed E-state index contributed by atoms with van der Waals surface area (Å²) in [5.41, 5.74) is 0. The van der Waals surface area contributed by atoms with Gasteiger partial charge in [0.15, 0.2) is 9.84 Å². The summed E-state index contributed by atoms with van der Waals surface area (Å²) < 4.78 is 28.0. The molecule has 0 aliphatic carbocycles. The molecule has 1 heterocycles. The number of hydrogen-bond acceptors (Lipinski definition) is 4. The molecule has 0 amide bonds. The van der Waals surface area contributed by atoms with Crippen LogP contribution < -0.4 is 5.32 Å². The lowest BCUT2D eigenvalue weighted by Crippen LogP contribution is -2.37. The van der Waals surface area contributed by atoms with Crippen LogP contribution in [0.2, 0.25) is 0 Å². The van der Waals surface area contributed by atoms with Crippen LogP contribution in [0.1, 0.15) is 32.6 Å². The molecule has 0 radical (unpaired) electrons. The highest BCUT2D eigenvalue weighted by atomic mass is 32.2. The summed E-state index contributed by atoms with van der Waals surface area (Å²) in [7, 11) is -1.06. The van der Waals surface area contributed by atoms with Gasteiger partial charge in [-0.05, 0) is 38.1 Å². The van der Waals surface area contributed by atoms with Gasteiger partial charge in [0.05, 0.1) is 11.5 Å². The van der Waals surface area contributed by atoms with Gasteiger partial charge in [-0.15, -0.1) is 0 Å². The smallest absolute Gasteiger partial charge is 0.150 e. The molecule has 0 aromatic carbocycles. The minimum Gasteiger partial charge on any atom is -0.385 e. The first-order chi connectivity index (χ1) is 8.09. The Hall–Kier alpha value is -0.130. The van der Waals surface area contributed by atoms with Gasteiger partial charge in [-0.2, -0.15) is 0 Å². The van der Waals surface area contributed by atoms with Crippen molar-refractivity contribution in [3.05, 3.63) is 0 Å². The zero-order valence-electron chi connectivity index (χ0n) is 10.9. The molecule has 1 rings (SSSR count). The van der Waals surface area contributed by atoms with E-state index in [1.165, 1.54) is 0 Å². The Labute approximate surface area is 105 Å². The van der Waals surface area contributed by atoms with Gasteiger partial charge in [-0.3, -0.25) is 0 Å². The third-order valence-corrected chi connectivity index (χ3v) is 5.15. The monoisotopic (exact) mass is 263 g/mol. The lowest BCUT2D eigenvalue weighted by Gasteiger charge is -2.23. The van der Waals surface area contributed by atoms with Crippen molar-refractivity contribution in [2.75, 3.05) is 31.8 Å². The van der Waals surface area contributed by atoms with Gasteiger partial charge in [0.25, 0.3) is 0 Å². The van der Waals surface area contributed by atoms with E-state index in [2.05, 4.69) is 12.2 Å². The number of hydrogen-bond donors (Lipinski definition) is 1. The minimum atomic E-state index is -2.77. The highest BCUT2D eigenvalue weighted by Crippen LogP contribution is 2.24. The molecule has 0 aromatic rings. The molecule has 2 unspecified atom stereocenters. The summed E-state index contributed by atoms with van der Waals surface area (Å²) in [6.07, 6.45) is 3.90. The molecule has 4 nitrogen and oxygen atoms in total. The van der Waals surface area contributed by atoms with Crippen molar-refractivity contribution in [1.82, 2.24) is 5.32 Å². The van der Waals surface area contributed by atoms with E-state index in [1.54, 1.807) is 7.11 Å². The summed E-state index contributed by atoms with van der Waals surface area (Å²) in [5, 5.41) is 3.49. The van der Waals surface area contributed by atoms with E-state index in [-0.39, 0.29) is 0 Å². The number of methoxy groups -OCH3 is 1. The summed E-state index contributed by atoms with van der Waals surface area (Å²) in [6.45, 7) is 3.85. The average molecular weight is 263 g/mol. The summed E-state index contributed by atoms with van der Waals surface area (Å²) >= 11 is 0. The van der Waals surface area contributed by atoms with Crippen molar-refractivity contribution in [2.45, 2.75) is 38.6 Å². The average Bonchev–Trinajstić information content (AvgIpc) is 2.64. The van der Waals surface area contributed by atoms with Crippen LogP contribution in [0.3, 0.4) is 0 Å². The van der Waals surface area contributed by atoms with Crippen LogP contribution in [-0.4, -0.2) is 46.2 Å². The maximum Gasteiger partial charge on any atom is 0.150 e. The third-order valence-electron chi connectivity index (χ3n) is 3.36. The molecule has 1 saturated heterocycles. The van der Waals surface area contributed by atoms with Crippen LogP contribution in [0.15, 0.2) is 0 Å². The van der Waals surface area contributed by atoms with E-state index in [4.69, 9.17) is 4.74 Å². The van der Waals surface area contributed by atoms with Gasteiger partial charge in [0.2, 0.25) is 0 Å². The van der Waals surface area contributed by atoms with Crippen molar-refractivity contribution in [2.24, 2.45) is 5.92 Å². The molecule has 17 heavy (non-hydrogen) atoms. The summed E-state index contributed by atoms with van der Waals surface area (Å²) in [6, 6.07) is 0.336. The van der Waals surface area contributed by atoms with Gasteiger partial charge in [0.1, 0.15) is 0 Å². The van der Waals surface area contributed by atoms with E-state index in [0.717, 1.165) is 38.8 Å². The SMILES string of the molecule is CCCNC(CCCOC)C1CCS(=O)(=O)C1. The molecule has 0 aromatic heterocycles. The molecule has 0 saturated carbocycles. The highest BCUT2D eigenvalue weighted by Gasteiger charge is 2.32. The van der Waals surface area contributed by atoms with Gasteiger partial charge < -0.3 is 10.1 Å². The van der Waals surface area contributed by atoms with Crippen LogP contribution in [0.5, 0.6) is 0 Å². The quantitative estimate of drug-likeness (QED) is 0.669. The van der Waals surface area contributed by atoms with Crippen molar-refractivity contribution >= 4 is 9.84 Å². The molecule has 5 heteroatoms. The zero-order chi connectivity index (χ0) is 12.7. The third kappa shape index (κ3) is 5.36. The topological polar surface area (TPSA) is 55.4 Å².